The van der Waals surface area contributed by atoms with Crippen LogP contribution in [0.1, 0.15) is 12.5 Å². The molecule has 100 valence electrons. The van der Waals surface area contributed by atoms with Crippen LogP contribution in [0.2, 0.25) is 0 Å². The molecule has 0 heterocycles. The number of amides is 1. The van der Waals surface area contributed by atoms with Gasteiger partial charge in [-0.25, -0.2) is 0 Å². The van der Waals surface area contributed by atoms with Crippen LogP contribution in [0.4, 0.5) is 0 Å². The summed E-state index contributed by atoms with van der Waals surface area (Å²) in [7, 11) is 4.18. The van der Waals surface area contributed by atoms with Gasteiger partial charge in [-0.05, 0) is 6.92 Å². The highest BCUT2D eigenvalue weighted by atomic mass is 35.5. The Morgan fingerprint density at radius 2 is 1.83 bits per heavy atom. The quantitative estimate of drug-likeness (QED) is 0.411. The van der Waals surface area contributed by atoms with Crippen molar-refractivity contribution in [3.63, 3.8) is 0 Å². The van der Waals surface area contributed by atoms with Gasteiger partial charge in [0, 0.05) is 11.1 Å². The van der Waals surface area contributed by atoms with E-state index in [1.54, 1.807) is 6.92 Å². The number of carbonyl (C=O) groups excluding carboxylic acids is 1. The summed E-state index contributed by atoms with van der Waals surface area (Å²) in [4.78, 5) is 11.4. The van der Waals surface area contributed by atoms with Crippen molar-refractivity contribution in [2.45, 2.75) is 13.5 Å². The molecule has 0 unspecified atom stereocenters. The lowest BCUT2D eigenvalue weighted by Gasteiger charge is -2.29. The van der Waals surface area contributed by atoms with Crippen molar-refractivity contribution in [2.24, 2.45) is 0 Å². The summed E-state index contributed by atoms with van der Waals surface area (Å²) in [6.45, 7) is 6.82. The Bertz CT molecular complexity index is 402. The van der Waals surface area contributed by atoms with Gasteiger partial charge < -0.3 is 22.2 Å². The van der Waals surface area contributed by atoms with Crippen molar-refractivity contribution in [3.05, 3.63) is 48.0 Å². The standard InChI is InChI=1S/C14H20N2O.ClH/c1-12(2)14(17)15-11-16(3,4)10-13-8-6-5-7-9-13;/h5-9H,1,10-11H2,2-4H3;1H. The van der Waals surface area contributed by atoms with E-state index in [0.717, 1.165) is 6.54 Å². The predicted molar refractivity (Wildman–Crippen MR) is 70.1 cm³/mol. The second kappa shape index (κ2) is 7.19. The summed E-state index contributed by atoms with van der Waals surface area (Å²) >= 11 is 0. The van der Waals surface area contributed by atoms with Crippen molar-refractivity contribution >= 4 is 5.91 Å². The van der Waals surface area contributed by atoms with Gasteiger partial charge in [-0.3, -0.25) is 4.79 Å². The summed E-state index contributed by atoms with van der Waals surface area (Å²) in [5, 5.41) is 2.88. The summed E-state index contributed by atoms with van der Waals surface area (Å²) in [6, 6.07) is 10.3. The number of benzene rings is 1. The third-order valence-electron chi connectivity index (χ3n) is 2.51. The molecule has 0 aromatic heterocycles. The Morgan fingerprint density at radius 1 is 1.28 bits per heavy atom. The zero-order valence-corrected chi connectivity index (χ0v) is 12.0. The van der Waals surface area contributed by atoms with Crippen LogP contribution >= 0.6 is 0 Å². The Hall–Kier alpha value is -1.32. The minimum Gasteiger partial charge on any atom is -1.00 e. The van der Waals surface area contributed by atoms with Crippen LogP contribution < -0.4 is 17.7 Å². The minimum atomic E-state index is -0.0794. The third-order valence-corrected chi connectivity index (χ3v) is 2.51. The SMILES string of the molecule is C=C(C)C(=O)NC[N+](C)(C)Cc1ccccc1.[Cl-]. The van der Waals surface area contributed by atoms with E-state index >= 15 is 0 Å². The molecule has 0 spiro atoms. The molecule has 0 bridgehead atoms. The average Bonchev–Trinajstić information content (AvgIpc) is 2.26. The van der Waals surface area contributed by atoms with Crippen LogP contribution in [-0.4, -0.2) is 31.2 Å². The molecular weight excluding hydrogens is 248 g/mol. The molecule has 0 radical (unpaired) electrons. The minimum absolute atomic E-state index is 0. The van der Waals surface area contributed by atoms with Crippen LogP contribution in [0.5, 0.6) is 0 Å². The summed E-state index contributed by atoms with van der Waals surface area (Å²) in [5.41, 5.74) is 1.81. The molecule has 4 heteroatoms. The molecule has 0 fully saturated rings. The maximum atomic E-state index is 11.4. The van der Waals surface area contributed by atoms with E-state index in [1.807, 2.05) is 18.2 Å². The molecule has 0 aliphatic heterocycles. The van der Waals surface area contributed by atoms with Gasteiger partial charge in [-0.2, -0.15) is 0 Å². The lowest BCUT2D eigenvalue weighted by molar-refractivity contribution is -0.905. The Kier molecular flexibility index (Phi) is 6.66. The first-order valence-electron chi connectivity index (χ1n) is 5.70. The maximum Gasteiger partial charge on any atom is 0.250 e. The molecule has 18 heavy (non-hydrogen) atoms. The summed E-state index contributed by atoms with van der Waals surface area (Å²) in [5.74, 6) is -0.0794. The normalized spacial score (nSPS) is 10.4. The smallest absolute Gasteiger partial charge is 0.250 e. The van der Waals surface area contributed by atoms with Gasteiger partial charge in [0.1, 0.15) is 6.54 Å². The van der Waals surface area contributed by atoms with Crippen LogP contribution in [0.25, 0.3) is 0 Å². The average molecular weight is 269 g/mol. The molecule has 3 nitrogen and oxygen atoms in total. The summed E-state index contributed by atoms with van der Waals surface area (Å²) < 4.78 is 0.711. The largest absolute Gasteiger partial charge is 1.00 e. The number of hydrogen-bond acceptors (Lipinski definition) is 1. The highest BCUT2D eigenvalue weighted by Crippen LogP contribution is 2.07. The van der Waals surface area contributed by atoms with E-state index in [1.165, 1.54) is 5.56 Å². The maximum absolute atomic E-state index is 11.4. The highest BCUT2D eigenvalue weighted by molar-refractivity contribution is 5.91. The van der Waals surface area contributed by atoms with E-state index < -0.39 is 0 Å². The first-order valence-corrected chi connectivity index (χ1v) is 5.70. The van der Waals surface area contributed by atoms with Crippen LogP contribution in [0.15, 0.2) is 42.5 Å². The van der Waals surface area contributed by atoms with Crippen molar-refractivity contribution in [1.82, 2.24) is 5.32 Å². The number of rotatable bonds is 5. The third kappa shape index (κ3) is 5.84. The van der Waals surface area contributed by atoms with Crippen LogP contribution in [0.3, 0.4) is 0 Å². The van der Waals surface area contributed by atoms with Crippen molar-refractivity contribution in [2.75, 3.05) is 20.8 Å². The molecule has 1 N–H and O–H groups in total. The Labute approximate surface area is 115 Å². The second-order valence-electron chi connectivity index (χ2n) is 5.02. The lowest BCUT2D eigenvalue weighted by Crippen LogP contribution is -3.00. The molecule has 1 aromatic rings. The molecule has 1 amide bonds. The van der Waals surface area contributed by atoms with E-state index in [4.69, 9.17) is 0 Å². The summed E-state index contributed by atoms with van der Waals surface area (Å²) in [6.07, 6.45) is 0. The van der Waals surface area contributed by atoms with E-state index in [9.17, 15) is 4.79 Å². The predicted octanol–water partition coefficient (Wildman–Crippen LogP) is -1.08. The molecule has 0 aliphatic rings. The van der Waals surface area contributed by atoms with Crippen LogP contribution in [0, 0.1) is 0 Å². The fraction of sp³-hybridized carbons (Fsp3) is 0.357. The highest BCUT2D eigenvalue weighted by Gasteiger charge is 2.16. The molecule has 0 saturated heterocycles. The topological polar surface area (TPSA) is 29.1 Å². The van der Waals surface area contributed by atoms with Gasteiger partial charge in [0.05, 0.1) is 14.1 Å². The van der Waals surface area contributed by atoms with Gasteiger partial charge in [-0.15, -0.1) is 0 Å². The Balaban J connectivity index is 0.00000289. The van der Waals surface area contributed by atoms with Crippen molar-refractivity contribution in [3.8, 4) is 0 Å². The molecule has 0 saturated carbocycles. The van der Waals surface area contributed by atoms with Gasteiger partial charge in [0.2, 0.25) is 0 Å². The number of nitrogens with one attached hydrogen (secondary N) is 1. The fourth-order valence-electron chi connectivity index (χ4n) is 1.57. The first-order chi connectivity index (χ1) is 7.91. The van der Waals surface area contributed by atoms with E-state index in [2.05, 4.69) is 38.1 Å². The molecule has 1 aromatic carbocycles. The molecule has 1 rings (SSSR count). The van der Waals surface area contributed by atoms with E-state index in [-0.39, 0.29) is 18.3 Å². The molecular formula is C14H21ClN2O. The number of nitrogens with zero attached hydrogens (tertiary/aromatic N) is 1. The number of hydrogen-bond donors (Lipinski definition) is 1. The van der Waals surface area contributed by atoms with Crippen molar-refractivity contribution < 1.29 is 21.7 Å². The monoisotopic (exact) mass is 268 g/mol. The number of carbonyl (C=O) groups is 1. The fourth-order valence-corrected chi connectivity index (χ4v) is 1.57. The second-order valence-corrected chi connectivity index (χ2v) is 5.02. The number of halogens is 1. The molecule has 0 atom stereocenters. The van der Waals surface area contributed by atoms with Gasteiger partial charge in [0.25, 0.3) is 5.91 Å². The van der Waals surface area contributed by atoms with Gasteiger partial charge in [0.15, 0.2) is 6.67 Å². The lowest BCUT2D eigenvalue weighted by atomic mass is 10.2. The van der Waals surface area contributed by atoms with Crippen molar-refractivity contribution in [1.29, 1.82) is 0 Å². The van der Waals surface area contributed by atoms with Crippen LogP contribution in [-0.2, 0) is 11.3 Å². The van der Waals surface area contributed by atoms with Gasteiger partial charge in [-0.1, -0.05) is 36.9 Å². The molecule has 0 aliphatic carbocycles. The Morgan fingerprint density at radius 3 is 2.33 bits per heavy atom. The number of quaternary nitrogens is 1. The van der Waals surface area contributed by atoms with Gasteiger partial charge >= 0.3 is 0 Å². The van der Waals surface area contributed by atoms with E-state index in [0.29, 0.717) is 16.7 Å². The zero-order valence-electron chi connectivity index (χ0n) is 11.2. The zero-order chi connectivity index (χ0) is 12.9. The first kappa shape index (κ1) is 16.7.